The standard InChI is InChI=1S/C12H15N3O3/c16-11(17)7-9-3-1-2-6-15(9)12(18)10-8-13-4-5-14-10/h4-5,8-9H,1-3,6-7H2,(H,16,17). The highest BCUT2D eigenvalue weighted by Gasteiger charge is 2.29. The van der Waals surface area contributed by atoms with Crippen molar-refractivity contribution in [1.82, 2.24) is 14.9 Å². The first-order chi connectivity index (χ1) is 8.68. The number of carboxylic acid groups (broad SMARTS) is 1. The third-order valence-electron chi connectivity index (χ3n) is 3.08. The van der Waals surface area contributed by atoms with Gasteiger partial charge in [-0.1, -0.05) is 0 Å². The van der Waals surface area contributed by atoms with Crippen LogP contribution in [0.4, 0.5) is 0 Å². The minimum absolute atomic E-state index is 0.00793. The summed E-state index contributed by atoms with van der Waals surface area (Å²) >= 11 is 0. The van der Waals surface area contributed by atoms with Crippen molar-refractivity contribution in [2.45, 2.75) is 31.7 Å². The van der Waals surface area contributed by atoms with E-state index >= 15 is 0 Å². The number of carbonyl (C=O) groups is 2. The van der Waals surface area contributed by atoms with E-state index in [1.165, 1.54) is 18.6 Å². The maximum atomic E-state index is 12.2. The number of rotatable bonds is 3. The molecule has 0 radical (unpaired) electrons. The summed E-state index contributed by atoms with van der Waals surface area (Å²) in [6.07, 6.45) is 6.97. The fraction of sp³-hybridized carbons (Fsp3) is 0.500. The van der Waals surface area contributed by atoms with E-state index in [1.807, 2.05) is 0 Å². The maximum Gasteiger partial charge on any atom is 0.305 e. The van der Waals surface area contributed by atoms with E-state index in [9.17, 15) is 9.59 Å². The number of piperidine rings is 1. The molecule has 2 rings (SSSR count). The molecule has 2 heterocycles. The summed E-state index contributed by atoms with van der Waals surface area (Å²) in [4.78, 5) is 32.5. The van der Waals surface area contributed by atoms with Crippen molar-refractivity contribution in [3.63, 3.8) is 0 Å². The fourth-order valence-electron chi connectivity index (χ4n) is 2.24. The summed E-state index contributed by atoms with van der Waals surface area (Å²) in [6, 6.07) is -0.231. The van der Waals surface area contributed by atoms with Gasteiger partial charge in [0.1, 0.15) is 5.69 Å². The summed E-state index contributed by atoms with van der Waals surface area (Å²) in [6.45, 7) is 0.591. The van der Waals surface area contributed by atoms with Gasteiger partial charge in [-0.25, -0.2) is 4.98 Å². The van der Waals surface area contributed by atoms with E-state index in [0.717, 1.165) is 19.3 Å². The van der Waals surface area contributed by atoms with E-state index in [4.69, 9.17) is 5.11 Å². The lowest BCUT2D eigenvalue weighted by atomic mass is 9.99. The van der Waals surface area contributed by atoms with Gasteiger partial charge in [-0.05, 0) is 19.3 Å². The Bertz CT molecular complexity index is 435. The van der Waals surface area contributed by atoms with Gasteiger partial charge in [0, 0.05) is 25.0 Å². The van der Waals surface area contributed by atoms with E-state index in [1.54, 1.807) is 4.90 Å². The molecule has 1 fully saturated rings. The highest BCUT2D eigenvalue weighted by Crippen LogP contribution is 2.21. The van der Waals surface area contributed by atoms with Gasteiger partial charge < -0.3 is 10.0 Å². The van der Waals surface area contributed by atoms with Gasteiger partial charge in [0.15, 0.2) is 0 Å². The van der Waals surface area contributed by atoms with Crippen LogP contribution in [0.2, 0.25) is 0 Å². The molecule has 1 N–H and O–H groups in total. The molecule has 1 saturated heterocycles. The van der Waals surface area contributed by atoms with Crippen LogP contribution in [0.5, 0.6) is 0 Å². The molecule has 1 aromatic rings. The number of hydrogen-bond acceptors (Lipinski definition) is 4. The zero-order chi connectivity index (χ0) is 13.0. The third-order valence-corrected chi connectivity index (χ3v) is 3.08. The Morgan fingerprint density at radius 3 is 2.89 bits per heavy atom. The van der Waals surface area contributed by atoms with Gasteiger partial charge in [-0.15, -0.1) is 0 Å². The van der Waals surface area contributed by atoms with Crippen molar-refractivity contribution < 1.29 is 14.7 Å². The van der Waals surface area contributed by atoms with Gasteiger partial charge in [0.25, 0.3) is 5.91 Å². The molecule has 0 saturated carbocycles. The third kappa shape index (κ3) is 2.82. The molecule has 1 atom stereocenters. The molecule has 6 heteroatoms. The highest BCUT2D eigenvalue weighted by molar-refractivity contribution is 5.92. The summed E-state index contributed by atoms with van der Waals surface area (Å²) in [5.41, 5.74) is 0.273. The smallest absolute Gasteiger partial charge is 0.305 e. The van der Waals surface area contributed by atoms with Crippen LogP contribution in [0.3, 0.4) is 0 Å². The lowest BCUT2D eigenvalue weighted by molar-refractivity contribution is -0.138. The first-order valence-corrected chi connectivity index (χ1v) is 5.97. The first kappa shape index (κ1) is 12.5. The number of carboxylic acids is 1. The molecule has 1 unspecified atom stereocenters. The van der Waals surface area contributed by atoms with E-state index in [-0.39, 0.29) is 24.1 Å². The topological polar surface area (TPSA) is 83.4 Å². The molecular weight excluding hydrogens is 234 g/mol. The molecule has 0 spiro atoms. The molecule has 6 nitrogen and oxygen atoms in total. The minimum Gasteiger partial charge on any atom is -0.481 e. The van der Waals surface area contributed by atoms with Gasteiger partial charge in [-0.2, -0.15) is 0 Å². The molecule has 0 aliphatic carbocycles. The largest absolute Gasteiger partial charge is 0.481 e. The number of hydrogen-bond donors (Lipinski definition) is 1. The molecule has 96 valence electrons. The highest BCUT2D eigenvalue weighted by atomic mass is 16.4. The molecule has 0 bridgehead atoms. The molecule has 1 aromatic heterocycles. The summed E-state index contributed by atoms with van der Waals surface area (Å²) in [7, 11) is 0. The average molecular weight is 249 g/mol. The Balaban J connectivity index is 2.13. The summed E-state index contributed by atoms with van der Waals surface area (Å²) in [5, 5.41) is 8.87. The number of carbonyl (C=O) groups excluding carboxylic acids is 1. The van der Waals surface area contributed by atoms with Gasteiger partial charge in [0.05, 0.1) is 12.6 Å². The summed E-state index contributed by atoms with van der Waals surface area (Å²) < 4.78 is 0. The predicted molar refractivity (Wildman–Crippen MR) is 63.0 cm³/mol. The van der Waals surface area contributed by atoms with Crippen LogP contribution < -0.4 is 0 Å². The molecule has 1 aliphatic heterocycles. The number of amides is 1. The van der Waals surface area contributed by atoms with Gasteiger partial charge in [-0.3, -0.25) is 14.6 Å². The van der Waals surface area contributed by atoms with Crippen molar-refractivity contribution in [2.75, 3.05) is 6.54 Å². The van der Waals surface area contributed by atoms with E-state index in [2.05, 4.69) is 9.97 Å². The van der Waals surface area contributed by atoms with E-state index in [0.29, 0.717) is 6.54 Å². The van der Waals surface area contributed by atoms with Crippen molar-refractivity contribution in [1.29, 1.82) is 0 Å². The van der Waals surface area contributed by atoms with Gasteiger partial charge >= 0.3 is 5.97 Å². The Morgan fingerprint density at radius 2 is 2.22 bits per heavy atom. The van der Waals surface area contributed by atoms with Crippen molar-refractivity contribution in [3.8, 4) is 0 Å². The number of nitrogens with zero attached hydrogens (tertiary/aromatic N) is 3. The quantitative estimate of drug-likeness (QED) is 0.862. The Morgan fingerprint density at radius 1 is 1.39 bits per heavy atom. The van der Waals surface area contributed by atoms with E-state index < -0.39 is 5.97 Å². The zero-order valence-corrected chi connectivity index (χ0v) is 9.95. The predicted octanol–water partition coefficient (Wildman–Crippen LogP) is 0.946. The number of aromatic nitrogens is 2. The Labute approximate surface area is 105 Å². The van der Waals surface area contributed by atoms with Crippen molar-refractivity contribution >= 4 is 11.9 Å². The van der Waals surface area contributed by atoms with Crippen LogP contribution in [0.25, 0.3) is 0 Å². The van der Waals surface area contributed by atoms with Crippen molar-refractivity contribution in [2.24, 2.45) is 0 Å². The van der Waals surface area contributed by atoms with Crippen LogP contribution in [0.15, 0.2) is 18.6 Å². The second-order valence-corrected chi connectivity index (χ2v) is 4.34. The SMILES string of the molecule is O=C(O)CC1CCCCN1C(=O)c1cnccn1. The lowest BCUT2D eigenvalue weighted by Gasteiger charge is -2.34. The lowest BCUT2D eigenvalue weighted by Crippen LogP contribution is -2.45. The summed E-state index contributed by atoms with van der Waals surface area (Å²) in [5.74, 6) is -1.10. The Kier molecular flexibility index (Phi) is 3.86. The molecule has 18 heavy (non-hydrogen) atoms. The number of likely N-dealkylation sites (tertiary alicyclic amines) is 1. The molecule has 1 aliphatic rings. The Hall–Kier alpha value is -1.98. The van der Waals surface area contributed by atoms with Gasteiger partial charge in [0.2, 0.25) is 0 Å². The second kappa shape index (κ2) is 5.57. The van der Waals surface area contributed by atoms with Crippen LogP contribution in [0, 0.1) is 0 Å². The van der Waals surface area contributed by atoms with Crippen LogP contribution in [-0.2, 0) is 4.79 Å². The number of aliphatic carboxylic acids is 1. The molecular formula is C12H15N3O3. The zero-order valence-electron chi connectivity index (χ0n) is 9.95. The second-order valence-electron chi connectivity index (χ2n) is 4.34. The van der Waals surface area contributed by atoms with Crippen LogP contribution in [0.1, 0.15) is 36.2 Å². The monoisotopic (exact) mass is 249 g/mol. The van der Waals surface area contributed by atoms with Crippen LogP contribution in [-0.4, -0.2) is 44.4 Å². The maximum absolute atomic E-state index is 12.2. The molecule has 1 amide bonds. The van der Waals surface area contributed by atoms with Crippen molar-refractivity contribution in [3.05, 3.63) is 24.3 Å². The minimum atomic E-state index is -0.876. The van der Waals surface area contributed by atoms with Crippen LogP contribution >= 0.6 is 0 Å². The fourth-order valence-corrected chi connectivity index (χ4v) is 2.24. The first-order valence-electron chi connectivity index (χ1n) is 5.97. The molecule has 0 aromatic carbocycles. The normalized spacial score (nSPS) is 19.6. The average Bonchev–Trinajstić information content (AvgIpc) is 2.39.